The van der Waals surface area contributed by atoms with Gasteiger partial charge >= 0.3 is 0 Å². The summed E-state index contributed by atoms with van der Waals surface area (Å²) in [7, 11) is 0. The molecule has 18 heavy (non-hydrogen) atoms. The van der Waals surface area contributed by atoms with Crippen LogP contribution in [0.2, 0.25) is 0 Å². The molecular formula is C15H26N2O. The zero-order chi connectivity index (χ0) is 12.7. The average molecular weight is 250 g/mol. The van der Waals surface area contributed by atoms with Crippen molar-refractivity contribution in [2.45, 2.75) is 58.0 Å². The number of carbonyl (C=O) groups is 1. The van der Waals surface area contributed by atoms with Crippen molar-refractivity contribution in [1.82, 2.24) is 10.2 Å². The molecule has 3 rings (SSSR count). The summed E-state index contributed by atoms with van der Waals surface area (Å²) in [5.74, 6) is 2.57. The molecule has 2 saturated heterocycles. The number of carbonyl (C=O) groups excluding carboxylic acids is 1. The highest BCUT2D eigenvalue weighted by atomic mass is 16.2. The van der Waals surface area contributed by atoms with Gasteiger partial charge in [-0.05, 0) is 56.9 Å². The number of amides is 1. The van der Waals surface area contributed by atoms with Crippen molar-refractivity contribution in [2.75, 3.05) is 13.1 Å². The van der Waals surface area contributed by atoms with Crippen molar-refractivity contribution in [3.8, 4) is 0 Å². The van der Waals surface area contributed by atoms with Crippen LogP contribution >= 0.6 is 0 Å². The Bertz CT molecular complexity index is 330. The fourth-order valence-corrected chi connectivity index (χ4v) is 4.37. The van der Waals surface area contributed by atoms with E-state index in [0.717, 1.165) is 24.9 Å². The topological polar surface area (TPSA) is 32.3 Å². The van der Waals surface area contributed by atoms with Crippen molar-refractivity contribution in [2.24, 2.45) is 17.8 Å². The number of nitrogens with zero attached hydrogens (tertiary/aromatic N) is 1. The Kier molecular flexibility index (Phi) is 3.35. The van der Waals surface area contributed by atoms with Crippen LogP contribution in [0, 0.1) is 17.8 Å². The van der Waals surface area contributed by atoms with Gasteiger partial charge in [-0.3, -0.25) is 4.79 Å². The van der Waals surface area contributed by atoms with Crippen molar-refractivity contribution in [1.29, 1.82) is 0 Å². The smallest absolute Gasteiger partial charge is 0.240 e. The highest BCUT2D eigenvalue weighted by Gasteiger charge is 2.44. The molecule has 1 amide bonds. The van der Waals surface area contributed by atoms with Crippen LogP contribution < -0.4 is 5.32 Å². The Balaban J connectivity index is 1.67. The predicted octanol–water partition coefficient (Wildman–Crippen LogP) is 2.02. The molecule has 0 spiro atoms. The summed E-state index contributed by atoms with van der Waals surface area (Å²) in [6, 6.07) is 0.567. The molecule has 0 bridgehead atoms. The molecule has 5 unspecified atom stereocenters. The lowest BCUT2D eigenvalue weighted by Gasteiger charge is -2.38. The van der Waals surface area contributed by atoms with Crippen LogP contribution in [0.15, 0.2) is 0 Å². The van der Waals surface area contributed by atoms with E-state index in [1.807, 2.05) is 0 Å². The van der Waals surface area contributed by atoms with E-state index in [2.05, 4.69) is 24.1 Å². The summed E-state index contributed by atoms with van der Waals surface area (Å²) < 4.78 is 0. The Labute approximate surface area is 110 Å². The quantitative estimate of drug-likeness (QED) is 0.772. The maximum Gasteiger partial charge on any atom is 0.240 e. The molecule has 0 aromatic carbocycles. The van der Waals surface area contributed by atoms with Crippen LogP contribution in [0.1, 0.15) is 46.0 Å². The minimum absolute atomic E-state index is 0.133. The monoisotopic (exact) mass is 250 g/mol. The van der Waals surface area contributed by atoms with Crippen molar-refractivity contribution in [3.05, 3.63) is 0 Å². The minimum atomic E-state index is 0.133. The third kappa shape index (κ3) is 2.07. The summed E-state index contributed by atoms with van der Waals surface area (Å²) in [4.78, 5) is 14.9. The summed E-state index contributed by atoms with van der Waals surface area (Å²) in [5.41, 5.74) is 0. The first-order chi connectivity index (χ1) is 8.66. The summed E-state index contributed by atoms with van der Waals surface area (Å²) >= 11 is 0. The fourth-order valence-electron chi connectivity index (χ4n) is 4.37. The van der Waals surface area contributed by atoms with Crippen LogP contribution in [0.5, 0.6) is 0 Å². The van der Waals surface area contributed by atoms with Crippen molar-refractivity contribution in [3.63, 3.8) is 0 Å². The van der Waals surface area contributed by atoms with Crippen LogP contribution in [-0.2, 0) is 4.79 Å². The largest absolute Gasteiger partial charge is 0.339 e. The molecule has 3 aliphatic rings. The molecule has 102 valence electrons. The molecule has 0 radical (unpaired) electrons. The SMILES string of the molecule is CC1CCN(C(=O)C2NCC3CCCC32)C(C)C1. The molecule has 3 fully saturated rings. The maximum absolute atomic E-state index is 12.7. The van der Waals surface area contributed by atoms with Crippen molar-refractivity contribution < 1.29 is 4.79 Å². The minimum Gasteiger partial charge on any atom is -0.339 e. The zero-order valence-corrected chi connectivity index (χ0v) is 11.7. The lowest BCUT2D eigenvalue weighted by atomic mass is 9.90. The van der Waals surface area contributed by atoms with Gasteiger partial charge in [0.25, 0.3) is 0 Å². The van der Waals surface area contributed by atoms with Gasteiger partial charge in [0, 0.05) is 12.6 Å². The van der Waals surface area contributed by atoms with E-state index in [1.165, 1.54) is 32.1 Å². The number of nitrogens with one attached hydrogen (secondary N) is 1. The number of rotatable bonds is 1. The van der Waals surface area contributed by atoms with Gasteiger partial charge < -0.3 is 10.2 Å². The molecule has 1 N–H and O–H groups in total. The van der Waals surface area contributed by atoms with Gasteiger partial charge in [-0.25, -0.2) is 0 Å². The van der Waals surface area contributed by atoms with Crippen LogP contribution in [0.3, 0.4) is 0 Å². The number of piperidine rings is 1. The first-order valence-electron chi connectivity index (χ1n) is 7.70. The third-order valence-electron chi connectivity index (χ3n) is 5.43. The second kappa shape index (κ2) is 4.84. The number of hydrogen-bond acceptors (Lipinski definition) is 2. The molecule has 5 atom stereocenters. The molecule has 0 aromatic rings. The van der Waals surface area contributed by atoms with E-state index >= 15 is 0 Å². The predicted molar refractivity (Wildman–Crippen MR) is 72.2 cm³/mol. The second-order valence-electron chi connectivity index (χ2n) is 6.75. The van der Waals surface area contributed by atoms with Crippen LogP contribution in [0.25, 0.3) is 0 Å². The summed E-state index contributed by atoms with van der Waals surface area (Å²) in [6.07, 6.45) is 6.26. The van der Waals surface area contributed by atoms with Crippen LogP contribution in [-0.4, -0.2) is 36.0 Å². The number of fused-ring (bicyclic) bond motifs is 1. The van der Waals surface area contributed by atoms with Gasteiger partial charge in [-0.15, -0.1) is 0 Å². The highest BCUT2D eigenvalue weighted by Crippen LogP contribution is 2.38. The van der Waals surface area contributed by atoms with E-state index < -0.39 is 0 Å². The first kappa shape index (κ1) is 12.5. The lowest BCUT2D eigenvalue weighted by molar-refractivity contribution is -0.138. The second-order valence-corrected chi connectivity index (χ2v) is 6.75. The van der Waals surface area contributed by atoms with Crippen LogP contribution in [0.4, 0.5) is 0 Å². The van der Waals surface area contributed by atoms with Crippen molar-refractivity contribution >= 4 is 5.91 Å². The lowest BCUT2D eigenvalue weighted by Crippen LogP contribution is -2.52. The summed E-state index contributed by atoms with van der Waals surface area (Å²) in [6.45, 7) is 6.56. The van der Waals surface area contributed by atoms with Gasteiger partial charge in [-0.1, -0.05) is 13.3 Å². The zero-order valence-electron chi connectivity index (χ0n) is 11.7. The first-order valence-corrected chi connectivity index (χ1v) is 7.70. The molecule has 3 heteroatoms. The Morgan fingerprint density at radius 2 is 2.06 bits per heavy atom. The van der Waals surface area contributed by atoms with E-state index in [0.29, 0.717) is 17.9 Å². The molecule has 2 aliphatic heterocycles. The van der Waals surface area contributed by atoms with Gasteiger partial charge in [0.15, 0.2) is 0 Å². The van der Waals surface area contributed by atoms with E-state index in [4.69, 9.17) is 0 Å². The maximum atomic E-state index is 12.7. The van der Waals surface area contributed by atoms with E-state index in [9.17, 15) is 4.79 Å². The molecule has 1 aliphatic carbocycles. The normalized spacial score (nSPS) is 44.1. The van der Waals surface area contributed by atoms with Gasteiger partial charge in [0.1, 0.15) is 0 Å². The number of hydrogen-bond donors (Lipinski definition) is 1. The Hall–Kier alpha value is -0.570. The van der Waals surface area contributed by atoms with Gasteiger partial charge in [0.05, 0.1) is 6.04 Å². The molecule has 3 nitrogen and oxygen atoms in total. The van der Waals surface area contributed by atoms with Gasteiger partial charge in [-0.2, -0.15) is 0 Å². The average Bonchev–Trinajstić information content (AvgIpc) is 2.89. The molecular weight excluding hydrogens is 224 g/mol. The highest BCUT2D eigenvalue weighted by molar-refractivity contribution is 5.83. The Morgan fingerprint density at radius 3 is 2.83 bits per heavy atom. The van der Waals surface area contributed by atoms with E-state index in [1.54, 1.807) is 0 Å². The summed E-state index contributed by atoms with van der Waals surface area (Å²) in [5, 5.41) is 3.50. The fraction of sp³-hybridized carbons (Fsp3) is 0.933. The van der Waals surface area contributed by atoms with Gasteiger partial charge in [0.2, 0.25) is 5.91 Å². The molecule has 2 heterocycles. The number of likely N-dealkylation sites (tertiary alicyclic amines) is 1. The molecule has 0 aromatic heterocycles. The molecule has 1 saturated carbocycles. The van der Waals surface area contributed by atoms with E-state index in [-0.39, 0.29) is 6.04 Å². The standard InChI is InChI=1S/C15H26N2O/c1-10-6-7-17(11(2)8-10)15(18)14-13-5-3-4-12(13)9-16-14/h10-14,16H,3-9H2,1-2H3. The third-order valence-corrected chi connectivity index (χ3v) is 5.43. The Morgan fingerprint density at radius 1 is 1.22 bits per heavy atom.